The highest BCUT2D eigenvalue weighted by Crippen LogP contribution is 2.10. The Kier molecular flexibility index (Phi) is 13.5. The first kappa shape index (κ1) is 16.7. The molecule has 1 heteroatoms. The van der Waals surface area contributed by atoms with Gasteiger partial charge < -0.3 is 4.74 Å². The van der Waals surface area contributed by atoms with Gasteiger partial charge >= 0.3 is 0 Å². The summed E-state index contributed by atoms with van der Waals surface area (Å²) in [6.07, 6.45) is 13.8. The Morgan fingerprint density at radius 1 is 0.824 bits per heavy atom. The van der Waals surface area contributed by atoms with Crippen molar-refractivity contribution in [3.05, 3.63) is 12.2 Å². The van der Waals surface area contributed by atoms with Crippen molar-refractivity contribution in [3.8, 4) is 0 Å². The van der Waals surface area contributed by atoms with E-state index >= 15 is 0 Å². The predicted molar refractivity (Wildman–Crippen MR) is 77.5 cm³/mol. The summed E-state index contributed by atoms with van der Waals surface area (Å²) in [7, 11) is 0. The molecular formula is C16H32O. The van der Waals surface area contributed by atoms with Crippen LogP contribution in [-0.4, -0.2) is 13.2 Å². The lowest BCUT2D eigenvalue weighted by Crippen LogP contribution is -1.97. The monoisotopic (exact) mass is 240 g/mol. The first-order valence-electron chi connectivity index (χ1n) is 7.49. The highest BCUT2D eigenvalue weighted by atomic mass is 16.5. The molecule has 1 nitrogen and oxygen atoms in total. The highest BCUT2D eigenvalue weighted by Gasteiger charge is 1.93. The van der Waals surface area contributed by atoms with Gasteiger partial charge in [0.05, 0.1) is 6.61 Å². The number of rotatable bonds is 13. The lowest BCUT2D eigenvalue weighted by atomic mass is 10.1. The Hall–Kier alpha value is -0.300. The minimum Gasteiger partial charge on any atom is -0.377 e. The van der Waals surface area contributed by atoms with Gasteiger partial charge in [0.1, 0.15) is 0 Å². The molecule has 0 saturated carbocycles. The molecule has 0 aliphatic rings. The van der Waals surface area contributed by atoms with Crippen LogP contribution >= 0.6 is 0 Å². The van der Waals surface area contributed by atoms with Gasteiger partial charge in [-0.1, -0.05) is 76.9 Å². The zero-order valence-corrected chi connectivity index (χ0v) is 12.1. The van der Waals surface area contributed by atoms with Crippen molar-refractivity contribution in [1.82, 2.24) is 0 Å². The molecule has 17 heavy (non-hydrogen) atoms. The van der Waals surface area contributed by atoms with Crippen LogP contribution in [0.5, 0.6) is 0 Å². The molecule has 0 unspecified atom stereocenters. The molecular weight excluding hydrogens is 208 g/mol. The van der Waals surface area contributed by atoms with Crippen LogP contribution in [0.3, 0.4) is 0 Å². The third kappa shape index (κ3) is 15.7. The predicted octanol–water partition coefficient (Wildman–Crippen LogP) is 5.50. The van der Waals surface area contributed by atoms with Crippen molar-refractivity contribution in [1.29, 1.82) is 0 Å². The second kappa shape index (κ2) is 13.8. The molecule has 0 N–H and O–H groups in total. The van der Waals surface area contributed by atoms with Crippen LogP contribution in [0.25, 0.3) is 0 Å². The van der Waals surface area contributed by atoms with Crippen LogP contribution in [0.2, 0.25) is 0 Å². The van der Waals surface area contributed by atoms with Gasteiger partial charge in [0.15, 0.2) is 0 Å². The third-order valence-corrected chi connectivity index (χ3v) is 2.99. The molecule has 0 aliphatic heterocycles. The van der Waals surface area contributed by atoms with E-state index < -0.39 is 0 Å². The minimum absolute atomic E-state index is 0.734. The minimum atomic E-state index is 0.734. The maximum absolute atomic E-state index is 5.47. The average molecular weight is 240 g/mol. The average Bonchev–Trinajstić information content (AvgIpc) is 2.30. The maximum atomic E-state index is 5.47. The first-order chi connectivity index (χ1) is 8.27. The van der Waals surface area contributed by atoms with Gasteiger partial charge in [0, 0.05) is 6.61 Å². The van der Waals surface area contributed by atoms with Gasteiger partial charge in [-0.2, -0.15) is 0 Å². The molecule has 0 spiro atoms. The second-order valence-corrected chi connectivity index (χ2v) is 5.19. The number of unbranched alkanes of at least 4 members (excludes halogenated alkanes) is 9. The lowest BCUT2D eigenvalue weighted by molar-refractivity contribution is 0.151. The fourth-order valence-electron chi connectivity index (χ4n) is 1.94. The van der Waals surface area contributed by atoms with Crippen LogP contribution in [0.1, 0.15) is 78.1 Å². The first-order valence-corrected chi connectivity index (χ1v) is 7.49. The summed E-state index contributed by atoms with van der Waals surface area (Å²) in [5.41, 5.74) is 1.12. The standard InChI is InChI=1S/C16H32O/c1-4-5-6-7-8-9-10-11-12-13-14-17-15-16(2)3/h2,4-15H2,1,3H3. The molecule has 0 amide bonds. The zero-order chi connectivity index (χ0) is 12.8. The fourth-order valence-corrected chi connectivity index (χ4v) is 1.94. The molecule has 0 rings (SSSR count). The van der Waals surface area contributed by atoms with Gasteiger partial charge in [0.2, 0.25) is 0 Å². The molecule has 102 valence electrons. The summed E-state index contributed by atoms with van der Waals surface area (Å²) in [6.45, 7) is 9.74. The molecule has 0 heterocycles. The largest absolute Gasteiger partial charge is 0.377 e. The van der Waals surface area contributed by atoms with Crippen molar-refractivity contribution >= 4 is 0 Å². The SMILES string of the molecule is C=C(C)COCCCCCCCCCCCC. The Labute approximate surface area is 109 Å². The Bertz CT molecular complexity index is 163. The van der Waals surface area contributed by atoms with Gasteiger partial charge in [-0.05, 0) is 13.3 Å². The van der Waals surface area contributed by atoms with Crippen molar-refractivity contribution in [2.75, 3.05) is 13.2 Å². The number of hydrogen-bond acceptors (Lipinski definition) is 1. The van der Waals surface area contributed by atoms with Crippen LogP contribution in [0.15, 0.2) is 12.2 Å². The quantitative estimate of drug-likeness (QED) is 0.305. The summed E-state index contributed by atoms with van der Waals surface area (Å²) in [5.74, 6) is 0. The van der Waals surface area contributed by atoms with Crippen LogP contribution < -0.4 is 0 Å². The molecule has 0 aliphatic carbocycles. The van der Waals surface area contributed by atoms with Gasteiger partial charge in [0.25, 0.3) is 0 Å². The van der Waals surface area contributed by atoms with E-state index in [1.54, 1.807) is 0 Å². The van der Waals surface area contributed by atoms with E-state index in [2.05, 4.69) is 13.5 Å². The lowest BCUT2D eigenvalue weighted by Gasteiger charge is -2.04. The van der Waals surface area contributed by atoms with Crippen molar-refractivity contribution < 1.29 is 4.74 Å². The second-order valence-electron chi connectivity index (χ2n) is 5.19. The third-order valence-electron chi connectivity index (χ3n) is 2.99. The fraction of sp³-hybridized carbons (Fsp3) is 0.875. The summed E-state index contributed by atoms with van der Waals surface area (Å²) >= 11 is 0. The Morgan fingerprint density at radius 2 is 1.29 bits per heavy atom. The molecule has 0 atom stereocenters. The van der Waals surface area contributed by atoms with E-state index in [9.17, 15) is 0 Å². The van der Waals surface area contributed by atoms with Gasteiger partial charge in [-0.15, -0.1) is 0 Å². The molecule has 0 bridgehead atoms. The van der Waals surface area contributed by atoms with E-state index in [1.165, 1.54) is 64.2 Å². The van der Waals surface area contributed by atoms with Crippen molar-refractivity contribution in [2.45, 2.75) is 78.1 Å². The molecule has 0 aromatic rings. The Morgan fingerprint density at radius 3 is 1.76 bits per heavy atom. The zero-order valence-electron chi connectivity index (χ0n) is 12.1. The number of hydrogen-bond donors (Lipinski definition) is 0. The molecule has 0 aromatic heterocycles. The maximum Gasteiger partial charge on any atom is 0.0671 e. The van der Waals surface area contributed by atoms with E-state index in [-0.39, 0.29) is 0 Å². The molecule has 0 aromatic carbocycles. The Balaban J connectivity index is 2.91. The van der Waals surface area contributed by atoms with E-state index in [0.717, 1.165) is 18.8 Å². The van der Waals surface area contributed by atoms with E-state index in [1.807, 2.05) is 6.92 Å². The molecule has 0 radical (unpaired) electrons. The van der Waals surface area contributed by atoms with Gasteiger partial charge in [-0.3, -0.25) is 0 Å². The summed E-state index contributed by atoms with van der Waals surface area (Å²) < 4.78 is 5.47. The van der Waals surface area contributed by atoms with Crippen LogP contribution in [-0.2, 0) is 4.74 Å². The summed E-state index contributed by atoms with van der Waals surface area (Å²) in [4.78, 5) is 0. The molecule has 0 saturated heterocycles. The number of ether oxygens (including phenoxy) is 1. The normalized spacial score (nSPS) is 10.7. The topological polar surface area (TPSA) is 9.23 Å². The van der Waals surface area contributed by atoms with E-state index in [4.69, 9.17) is 4.74 Å². The van der Waals surface area contributed by atoms with Gasteiger partial charge in [-0.25, -0.2) is 0 Å². The van der Waals surface area contributed by atoms with Crippen LogP contribution in [0.4, 0.5) is 0 Å². The summed E-state index contributed by atoms with van der Waals surface area (Å²) in [6, 6.07) is 0. The summed E-state index contributed by atoms with van der Waals surface area (Å²) in [5, 5.41) is 0. The highest BCUT2D eigenvalue weighted by molar-refractivity contribution is 4.87. The smallest absolute Gasteiger partial charge is 0.0671 e. The molecule has 0 fully saturated rings. The van der Waals surface area contributed by atoms with Crippen molar-refractivity contribution in [3.63, 3.8) is 0 Å². The van der Waals surface area contributed by atoms with E-state index in [0.29, 0.717) is 0 Å². The van der Waals surface area contributed by atoms with Crippen LogP contribution in [0, 0.1) is 0 Å². The van der Waals surface area contributed by atoms with Crippen molar-refractivity contribution in [2.24, 2.45) is 0 Å².